The van der Waals surface area contributed by atoms with E-state index in [-0.39, 0.29) is 11.9 Å². The van der Waals surface area contributed by atoms with Gasteiger partial charge in [-0.15, -0.1) is 0 Å². The summed E-state index contributed by atoms with van der Waals surface area (Å²) < 4.78 is 20.7. The number of rotatable bonds is 5. The summed E-state index contributed by atoms with van der Waals surface area (Å²) in [5, 5.41) is 10.9. The molecule has 3 heterocycles. The Morgan fingerprint density at radius 3 is 2.93 bits per heavy atom. The van der Waals surface area contributed by atoms with E-state index in [1.165, 1.54) is 12.1 Å². The average molecular weight is 395 g/mol. The molecule has 1 aliphatic rings. The average Bonchev–Trinajstić information content (AvgIpc) is 3.21. The van der Waals surface area contributed by atoms with Crippen molar-refractivity contribution in [1.29, 1.82) is 0 Å². The summed E-state index contributed by atoms with van der Waals surface area (Å²) in [5.41, 5.74) is 0.801. The number of aliphatic imine (C=N–C) groups is 1. The molecule has 0 bridgehead atoms. The zero-order valence-electron chi connectivity index (χ0n) is 16.0. The van der Waals surface area contributed by atoms with Crippen molar-refractivity contribution in [3.05, 3.63) is 66.3 Å². The van der Waals surface area contributed by atoms with Gasteiger partial charge in [0.25, 0.3) is 0 Å². The van der Waals surface area contributed by atoms with E-state index in [1.807, 2.05) is 10.7 Å². The fraction of sp³-hybridized carbons (Fsp3) is 0.300. The molecule has 1 aliphatic heterocycles. The number of halogens is 1. The first-order valence-electron chi connectivity index (χ1n) is 9.42. The lowest BCUT2D eigenvalue weighted by atomic mass is 10.1. The molecular weight excluding hydrogens is 373 g/mol. The second-order valence-electron chi connectivity index (χ2n) is 6.70. The molecule has 2 N–H and O–H groups in total. The van der Waals surface area contributed by atoms with Crippen LogP contribution in [0.1, 0.15) is 17.9 Å². The first kappa shape index (κ1) is 18.9. The zero-order valence-corrected chi connectivity index (χ0v) is 16.0. The van der Waals surface area contributed by atoms with Crippen molar-refractivity contribution in [2.75, 3.05) is 7.05 Å². The number of hydrogen-bond acceptors (Lipinski definition) is 5. The van der Waals surface area contributed by atoms with E-state index < -0.39 is 0 Å². The molecule has 0 fully saturated rings. The Balaban J connectivity index is 1.32. The minimum Gasteiger partial charge on any atom is -0.457 e. The van der Waals surface area contributed by atoms with E-state index in [0.29, 0.717) is 24.0 Å². The molecule has 0 saturated carbocycles. The highest BCUT2D eigenvalue weighted by Crippen LogP contribution is 2.21. The molecule has 4 rings (SSSR count). The molecular formula is C20H22FN7O. The Morgan fingerprint density at radius 1 is 1.24 bits per heavy atom. The molecule has 1 atom stereocenters. The number of hydrogen-bond donors (Lipinski definition) is 2. The van der Waals surface area contributed by atoms with Crippen LogP contribution in [0.15, 0.2) is 53.9 Å². The van der Waals surface area contributed by atoms with Crippen molar-refractivity contribution in [2.45, 2.75) is 32.0 Å². The van der Waals surface area contributed by atoms with Gasteiger partial charge in [0.1, 0.15) is 29.5 Å². The first-order valence-corrected chi connectivity index (χ1v) is 9.42. The molecule has 0 aliphatic carbocycles. The third-order valence-electron chi connectivity index (χ3n) is 4.64. The molecule has 9 heteroatoms. The number of guanidine groups is 1. The van der Waals surface area contributed by atoms with Crippen LogP contribution in [0.25, 0.3) is 0 Å². The lowest BCUT2D eigenvalue weighted by molar-refractivity contribution is 0.392. The van der Waals surface area contributed by atoms with Crippen LogP contribution < -0.4 is 15.4 Å². The molecule has 1 unspecified atom stereocenters. The first-order chi connectivity index (χ1) is 14.2. The van der Waals surface area contributed by atoms with Gasteiger partial charge in [-0.1, -0.05) is 0 Å². The fourth-order valence-electron chi connectivity index (χ4n) is 3.17. The third-order valence-corrected chi connectivity index (χ3v) is 4.64. The summed E-state index contributed by atoms with van der Waals surface area (Å²) in [7, 11) is 1.74. The Bertz CT molecular complexity index is 987. The van der Waals surface area contributed by atoms with Crippen LogP contribution in [0.2, 0.25) is 0 Å². The normalized spacial score (nSPS) is 16.2. The maximum absolute atomic E-state index is 13.0. The van der Waals surface area contributed by atoms with Crippen molar-refractivity contribution in [3.63, 3.8) is 0 Å². The van der Waals surface area contributed by atoms with Crippen LogP contribution >= 0.6 is 0 Å². The van der Waals surface area contributed by atoms with Gasteiger partial charge >= 0.3 is 0 Å². The van der Waals surface area contributed by atoms with Gasteiger partial charge < -0.3 is 15.4 Å². The van der Waals surface area contributed by atoms with Crippen molar-refractivity contribution in [1.82, 2.24) is 30.4 Å². The van der Waals surface area contributed by atoms with Gasteiger partial charge in [-0.2, -0.15) is 5.10 Å². The van der Waals surface area contributed by atoms with E-state index in [2.05, 4.69) is 30.7 Å². The summed E-state index contributed by atoms with van der Waals surface area (Å²) in [6.07, 6.45) is 5.13. The smallest absolute Gasteiger partial charge is 0.191 e. The zero-order chi connectivity index (χ0) is 20.1. The van der Waals surface area contributed by atoms with Crippen molar-refractivity contribution in [2.24, 2.45) is 4.99 Å². The molecule has 29 heavy (non-hydrogen) atoms. The molecule has 0 amide bonds. The summed E-state index contributed by atoms with van der Waals surface area (Å²) >= 11 is 0. The lowest BCUT2D eigenvalue weighted by Gasteiger charge is -2.25. The predicted octanol–water partition coefficient (Wildman–Crippen LogP) is 2.28. The summed E-state index contributed by atoms with van der Waals surface area (Å²) in [5.74, 6) is 2.63. The number of pyridine rings is 1. The van der Waals surface area contributed by atoms with Gasteiger partial charge in [0.05, 0.1) is 18.8 Å². The number of ether oxygens (including phenoxy) is 1. The number of nitrogens with one attached hydrogen (secondary N) is 2. The van der Waals surface area contributed by atoms with Crippen molar-refractivity contribution in [3.8, 4) is 11.5 Å². The van der Waals surface area contributed by atoms with Crippen LogP contribution in [-0.4, -0.2) is 38.8 Å². The monoisotopic (exact) mass is 395 g/mol. The van der Waals surface area contributed by atoms with Crippen LogP contribution in [0, 0.1) is 5.82 Å². The van der Waals surface area contributed by atoms with E-state index in [1.54, 1.807) is 37.8 Å². The number of aromatic nitrogens is 4. The van der Waals surface area contributed by atoms with Gasteiger partial charge in [-0.25, -0.2) is 14.1 Å². The number of benzene rings is 1. The molecule has 150 valence electrons. The SMILES string of the molecule is CN=C(NCc1cc(Oc2ccc(F)cc2)ccn1)NC1CCc2ncnn2C1. The number of nitrogens with zero attached hydrogens (tertiary/aromatic N) is 5. The Hall–Kier alpha value is -3.49. The highest BCUT2D eigenvalue weighted by molar-refractivity contribution is 5.79. The molecule has 3 aromatic rings. The number of fused-ring (bicyclic) bond motifs is 1. The third kappa shape index (κ3) is 4.87. The standard InChI is InChI=1S/C20H22FN7O/c1-22-20(27-15-4-7-19-25-13-26-28(19)12-15)24-11-16-10-18(8-9-23-16)29-17-5-2-14(21)3-6-17/h2-3,5-6,8-10,13,15H,4,7,11-12H2,1H3,(H2,22,24,27). The molecule has 8 nitrogen and oxygen atoms in total. The Morgan fingerprint density at radius 2 is 2.10 bits per heavy atom. The fourth-order valence-corrected chi connectivity index (χ4v) is 3.17. The van der Waals surface area contributed by atoms with E-state index in [9.17, 15) is 4.39 Å². The van der Waals surface area contributed by atoms with Gasteiger partial charge in [0.15, 0.2) is 5.96 Å². The second-order valence-corrected chi connectivity index (χ2v) is 6.70. The Labute approximate surface area is 167 Å². The topological polar surface area (TPSA) is 89.2 Å². The van der Waals surface area contributed by atoms with Crippen molar-refractivity contribution < 1.29 is 9.13 Å². The van der Waals surface area contributed by atoms with Crippen LogP contribution in [0.3, 0.4) is 0 Å². The highest BCUT2D eigenvalue weighted by Gasteiger charge is 2.20. The van der Waals surface area contributed by atoms with Crippen LogP contribution in [-0.2, 0) is 19.5 Å². The molecule has 0 spiro atoms. The molecule has 1 aromatic carbocycles. The molecule has 0 saturated heterocycles. The lowest BCUT2D eigenvalue weighted by Crippen LogP contribution is -2.46. The maximum Gasteiger partial charge on any atom is 0.191 e. The minimum absolute atomic E-state index is 0.233. The largest absolute Gasteiger partial charge is 0.457 e. The van der Waals surface area contributed by atoms with Gasteiger partial charge in [0.2, 0.25) is 0 Å². The van der Waals surface area contributed by atoms with E-state index >= 15 is 0 Å². The summed E-state index contributed by atoms with van der Waals surface area (Å²) in [6.45, 7) is 1.25. The maximum atomic E-state index is 13.0. The van der Waals surface area contributed by atoms with E-state index in [0.717, 1.165) is 30.9 Å². The van der Waals surface area contributed by atoms with Gasteiger partial charge in [0, 0.05) is 31.8 Å². The van der Waals surface area contributed by atoms with Crippen molar-refractivity contribution >= 4 is 5.96 Å². The summed E-state index contributed by atoms with van der Waals surface area (Å²) in [6, 6.07) is 9.74. The second kappa shape index (κ2) is 8.68. The van der Waals surface area contributed by atoms with Crippen LogP contribution in [0.5, 0.6) is 11.5 Å². The summed E-state index contributed by atoms with van der Waals surface area (Å²) in [4.78, 5) is 12.9. The molecule has 0 radical (unpaired) electrons. The molecule has 2 aromatic heterocycles. The number of aryl methyl sites for hydroxylation is 1. The Kier molecular flexibility index (Phi) is 5.64. The van der Waals surface area contributed by atoms with E-state index in [4.69, 9.17) is 4.74 Å². The van der Waals surface area contributed by atoms with Gasteiger partial charge in [-0.3, -0.25) is 9.98 Å². The minimum atomic E-state index is -0.297. The van der Waals surface area contributed by atoms with Crippen LogP contribution in [0.4, 0.5) is 4.39 Å². The van der Waals surface area contributed by atoms with Gasteiger partial charge in [-0.05, 0) is 36.8 Å². The quantitative estimate of drug-likeness (QED) is 0.509. The highest BCUT2D eigenvalue weighted by atomic mass is 19.1. The predicted molar refractivity (Wildman–Crippen MR) is 106 cm³/mol.